The zero-order valence-electron chi connectivity index (χ0n) is 37.3. The van der Waals surface area contributed by atoms with Gasteiger partial charge >= 0.3 is 0 Å². The molecule has 10 N–H and O–H groups in total. The number of carbonyl (C=O) groups excluding carboxylic acids is 6. The quantitative estimate of drug-likeness (QED) is 0.0521. The number of primary amides is 1. The predicted octanol–water partition coefficient (Wildman–Crippen LogP) is 3.63. The van der Waals surface area contributed by atoms with Crippen molar-refractivity contribution in [3.05, 3.63) is 144 Å². The van der Waals surface area contributed by atoms with Crippen molar-refractivity contribution >= 4 is 57.2 Å². The molecule has 0 bridgehead atoms. The molecule has 6 aromatic rings. The van der Waals surface area contributed by atoms with Gasteiger partial charge in [-0.25, -0.2) is 0 Å². The molecular formula is C51H59N9O6. The molecule has 6 amide bonds. The molecule has 344 valence electrons. The van der Waals surface area contributed by atoms with E-state index < -0.39 is 65.8 Å². The lowest BCUT2D eigenvalue weighted by molar-refractivity contribution is -0.135. The Morgan fingerprint density at radius 2 is 0.970 bits per heavy atom. The summed E-state index contributed by atoms with van der Waals surface area (Å²) in [6.07, 6.45) is 5.65. The van der Waals surface area contributed by atoms with Crippen LogP contribution in [0.15, 0.2) is 122 Å². The Morgan fingerprint density at radius 3 is 1.45 bits per heavy atom. The van der Waals surface area contributed by atoms with Gasteiger partial charge < -0.3 is 47.6 Å². The molecular weight excluding hydrogens is 835 g/mol. The Morgan fingerprint density at radius 1 is 0.545 bits per heavy atom. The van der Waals surface area contributed by atoms with Gasteiger partial charge in [0.1, 0.15) is 30.2 Å². The van der Waals surface area contributed by atoms with Crippen LogP contribution in [0.2, 0.25) is 0 Å². The third-order valence-corrected chi connectivity index (χ3v) is 12.0. The van der Waals surface area contributed by atoms with Crippen molar-refractivity contribution in [3.8, 4) is 0 Å². The topological polar surface area (TPSA) is 232 Å². The number of H-pyrrole nitrogens is 2. The third-order valence-electron chi connectivity index (χ3n) is 12.0. The van der Waals surface area contributed by atoms with E-state index in [4.69, 9.17) is 5.73 Å². The van der Waals surface area contributed by atoms with Gasteiger partial charge in [-0.2, -0.15) is 0 Å². The van der Waals surface area contributed by atoms with Crippen LogP contribution < -0.4 is 37.6 Å². The average Bonchev–Trinajstić information content (AvgIpc) is 4.10. The van der Waals surface area contributed by atoms with Crippen molar-refractivity contribution in [2.24, 2.45) is 11.7 Å². The van der Waals surface area contributed by atoms with Gasteiger partial charge in [-0.05, 0) is 66.1 Å². The molecule has 1 saturated heterocycles. The predicted molar refractivity (Wildman–Crippen MR) is 254 cm³/mol. The van der Waals surface area contributed by atoms with Gasteiger partial charge in [0.05, 0.1) is 6.04 Å². The van der Waals surface area contributed by atoms with Crippen molar-refractivity contribution in [2.75, 3.05) is 6.54 Å². The number of nitrogens with two attached hydrogens (primary N) is 1. The maximum Gasteiger partial charge on any atom is 0.243 e. The minimum Gasteiger partial charge on any atom is -0.368 e. The highest BCUT2D eigenvalue weighted by Gasteiger charge is 2.34. The highest BCUT2D eigenvalue weighted by molar-refractivity contribution is 5.97. The summed E-state index contributed by atoms with van der Waals surface area (Å²) in [6, 6.07) is 27.5. The minimum absolute atomic E-state index is 0.0230. The number of aromatic amines is 2. The van der Waals surface area contributed by atoms with Gasteiger partial charge in [-0.1, -0.05) is 111 Å². The van der Waals surface area contributed by atoms with E-state index in [0.717, 1.165) is 50.5 Å². The SMILES string of the molecule is CC(C)C[C@H](NC(=O)[C@H](Cc1c[nH]c2ccccc12)NC(=O)[C@H](Cc1ccccc1)NC(=O)[C@H](Cc1c[nH]c2ccccc12)NC(=O)[C@@H]1CCCN1)C(=O)N[C@@H](Cc1ccccc1)C(N)=O. The monoisotopic (exact) mass is 893 g/mol. The molecule has 15 nitrogen and oxygen atoms in total. The summed E-state index contributed by atoms with van der Waals surface area (Å²) in [7, 11) is 0. The number of hydrogen-bond acceptors (Lipinski definition) is 7. The first-order valence-electron chi connectivity index (χ1n) is 22.6. The Hall–Kier alpha value is -7.26. The zero-order valence-corrected chi connectivity index (χ0v) is 37.3. The number of carbonyl (C=O) groups is 6. The van der Waals surface area contributed by atoms with Crippen molar-refractivity contribution in [1.82, 2.24) is 41.9 Å². The Labute approximate surface area is 383 Å². The van der Waals surface area contributed by atoms with Crippen molar-refractivity contribution in [1.29, 1.82) is 0 Å². The number of benzene rings is 4. The first-order valence-corrected chi connectivity index (χ1v) is 22.6. The fourth-order valence-electron chi connectivity index (χ4n) is 8.56. The third kappa shape index (κ3) is 12.3. The van der Waals surface area contributed by atoms with E-state index in [0.29, 0.717) is 13.0 Å². The summed E-state index contributed by atoms with van der Waals surface area (Å²) in [5.41, 5.74) is 10.6. The highest BCUT2D eigenvalue weighted by atomic mass is 16.2. The van der Waals surface area contributed by atoms with Crippen LogP contribution in [0.25, 0.3) is 21.8 Å². The van der Waals surface area contributed by atoms with Crippen molar-refractivity contribution in [2.45, 2.75) is 95.0 Å². The summed E-state index contributed by atoms with van der Waals surface area (Å²) in [5.74, 6) is -3.57. The maximum atomic E-state index is 14.8. The lowest BCUT2D eigenvalue weighted by Crippen LogP contribution is -2.60. The van der Waals surface area contributed by atoms with E-state index in [1.165, 1.54) is 0 Å². The number of fused-ring (bicyclic) bond motifs is 2. The summed E-state index contributed by atoms with van der Waals surface area (Å²) in [4.78, 5) is 90.6. The number of para-hydroxylation sites is 2. The number of aromatic nitrogens is 2. The molecule has 7 rings (SSSR count). The fraction of sp³-hybridized carbons (Fsp3) is 0.333. The molecule has 0 spiro atoms. The Kier molecular flexibility index (Phi) is 15.6. The molecule has 1 fully saturated rings. The summed E-state index contributed by atoms with van der Waals surface area (Å²) < 4.78 is 0. The van der Waals surface area contributed by atoms with E-state index in [2.05, 4.69) is 41.9 Å². The van der Waals surface area contributed by atoms with E-state index >= 15 is 0 Å². The maximum absolute atomic E-state index is 14.8. The van der Waals surface area contributed by atoms with E-state index in [9.17, 15) is 28.8 Å². The van der Waals surface area contributed by atoms with Gasteiger partial charge in [-0.15, -0.1) is 0 Å². The second kappa shape index (κ2) is 22.1. The molecule has 0 aliphatic carbocycles. The number of nitrogens with one attached hydrogen (secondary N) is 8. The van der Waals surface area contributed by atoms with Gasteiger partial charge in [0.2, 0.25) is 35.4 Å². The first-order chi connectivity index (χ1) is 31.9. The van der Waals surface area contributed by atoms with Crippen molar-refractivity contribution < 1.29 is 28.8 Å². The fourth-order valence-corrected chi connectivity index (χ4v) is 8.56. The normalized spacial score (nSPS) is 15.9. The largest absolute Gasteiger partial charge is 0.368 e. The molecule has 6 atom stereocenters. The summed E-state index contributed by atoms with van der Waals surface area (Å²) in [5, 5.41) is 19.4. The minimum atomic E-state index is -1.24. The molecule has 4 aromatic carbocycles. The van der Waals surface area contributed by atoms with Gasteiger partial charge in [0.25, 0.3) is 0 Å². The van der Waals surface area contributed by atoms with E-state index in [-0.39, 0.29) is 43.9 Å². The molecule has 0 radical (unpaired) electrons. The average molecular weight is 894 g/mol. The molecule has 3 heterocycles. The molecule has 0 unspecified atom stereocenters. The molecule has 1 aliphatic heterocycles. The second-order valence-electron chi connectivity index (χ2n) is 17.5. The summed E-state index contributed by atoms with van der Waals surface area (Å²) >= 11 is 0. The van der Waals surface area contributed by atoms with Gasteiger partial charge in [0, 0.05) is 59.9 Å². The summed E-state index contributed by atoms with van der Waals surface area (Å²) in [6.45, 7) is 4.50. The van der Waals surface area contributed by atoms with Gasteiger partial charge in [0.15, 0.2) is 0 Å². The van der Waals surface area contributed by atoms with Crippen LogP contribution in [0, 0.1) is 5.92 Å². The van der Waals surface area contributed by atoms with Crippen LogP contribution in [0.1, 0.15) is 55.4 Å². The van der Waals surface area contributed by atoms with Crippen LogP contribution in [0.3, 0.4) is 0 Å². The molecule has 2 aromatic heterocycles. The number of rotatable bonds is 21. The van der Waals surface area contributed by atoms with Gasteiger partial charge in [-0.3, -0.25) is 28.8 Å². The molecule has 15 heteroatoms. The standard InChI is InChI=1S/C51H59N9O6/c1-31(2)24-42(48(63)56-41(46(52)61)25-32-14-5-3-6-15-32)57-50(65)45(28-35-30-55-39-21-12-10-19-37(35)39)60-49(64)43(26-33-16-7-4-8-17-33)58-51(66)44(59-47(62)40-22-13-23-53-40)27-34-29-54-38-20-11-9-18-36(34)38/h3-12,14-21,29-31,40-45,53-55H,13,22-28H2,1-2H3,(H2,52,61)(H,56,63)(H,57,65)(H,58,66)(H,59,62)(H,60,64)/t40-,41-,42-,43-,44-,45-/m0/s1. The second-order valence-corrected chi connectivity index (χ2v) is 17.5. The zero-order chi connectivity index (χ0) is 46.6. The lowest BCUT2D eigenvalue weighted by atomic mass is 9.99. The van der Waals surface area contributed by atoms with E-state index in [1.807, 2.05) is 129 Å². The van der Waals surface area contributed by atoms with Crippen molar-refractivity contribution in [3.63, 3.8) is 0 Å². The molecule has 0 saturated carbocycles. The van der Waals surface area contributed by atoms with Crippen LogP contribution in [0.5, 0.6) is 0 Å². The van der Waals surface area contributed by atoms with E-state index in [1.54, 1.807) is 6.20 Å². The molecule has 1 aliphatic rings. The number of amides is 6. The van der Waals surface area contributed by atoms with Crippen LogP contribution in [-0.4, -0.2) is 88.2 Å². The molecule has 66 heavy (non-hydrogen) atoms. The first kappa shape index (κ1) is 46.7. The smallest absolute Gasteiger partial charge is 0.243 e. The highest BCUT2D eigenvalue weighted by Crippen LogP contribution is 2.22. The lowest BCUT2D eigenvalue weighted by Gasteiger charge is -2.28. The number of hydrogen-bond donors (Lipinski definition) is 9. The van der Waals surface area contributed by atoms with Crippen LogP contribution >= 0.6 is 0 Å². The van der Waals surface area contributed by atoms with Crippen LogP contribution in [-0.2, 0) is 54.5 Å². The van der Waals surface area contributed by atoms with Crippen LogP contribution in [0.4, 0.5) is 0 Å². The Bertz CT molecular complexity index is 2620. The Balaban J connectivity index is 1.16.